The Morgan fingerprint density at radius 3 is 2.14 bits per heavy atom. The molecule has 2 rings (SSSR count). The van der Waals surface area contributed by atoms with Crippen LogP contribution in [0.1, 0.15) is 84.0 Å². The summed E-state index contributed by atoms with van der Waals surface area (Å²) in [5, 5.41) is 0. The lowest BCUT2D eigenvalue weighted by molar-refractivity contribution is -0.158. The van der Waals surface area contributed by atoms with E-state index in [4.69, 9.17) is 9.47 Å². The van der Waals surface area contributed by atoms with Gasteiger partial charge in [-0.1, -0.05) is 32.6 Å². The minimum atomic E-state index is 0.0767. The summed E-state index contributed by atoms with van der Waals surface area (Å²) < 4.78 is 11.1. The minimum absolute atomic E-state index is 0.0767. The van der Waals surface area contributed by atoms with Gasteiger partial charge in [-0.15, -0.1) is 0 Å². The van der Waals surface area contributed by atoms with Gasteiger partial charge in [-0.25, -0.2) is 0 Å². The van der Waals surface area contributed by atoms with Crippen LogP contribution >= 0.6 is 0 Å². The third-order valence-electron chi connectivity index (χ3n) is 5.63. The van der Waals surface area contributed by atoms with Crippen LogP contribution in [0.25, 0.3) is 0 Å². The van der Waals surface area contributed by atoms with Crippen LogP contribution in [0.15, 0.2) is 0 Å². The van der Waals surface area contributed by atoms with E-state index >= 15 is 0 Å². The second-order valence-electron chi connectivity index (χ2n) is 7.28. The Kier molecular flexibility index (Phi) is 7.71. The Labute approximate surface area is 136 Å². The predicted molar refractivity (Wildman–Crippen MR) is 88.7 cm³/mol. The second kappa shape index (κ2) is 9.54. The van der Waals surface area contributed by atoms with Crippen molar-refractivity contribution in [3.8, 4) is 0 Å². The van der Waals surface area contributed by atoms with Crippen molar-refractivity contribution >= 4 is 5.97 Å². The Balaban J connectivity index is 1.63. The topological polar surface area (TPSA) is 35.5 Å². The van der Waals surface area contributed by atoms with Crippen molar-refractivity contribution in [2.75, 3.05) is 7.11 Å². The van der Waals surface area contributed by atoms with Gasteiger partial charge >= 0.3 is 5.97 Å². The van der Waals surface area contributed by atoms with Crippen molar-refractivity contribution < 1.29 is 14.3 Å². The number of carbonyl (C=O) groups excluding carboxylic acids is 1. The van der Waals surface area contributed by atoms with Crippen LogP contribution in [0, 0.1) is 11.8 Å². The first kappa shape index (κ1) is 17.8. The van der Waals surface area contributed by atoms with Crippen LogP contribution in [0.4, 0.5) is 0 Å². The van der Waals surface area contributed by atoms with Crippen LogP contribution < -0.4 is 0 Å². The van der Waals surface area contributed by atoms with Crippen LogP contribution in [0.2, 0.25) is 0 Å². The molecule has 0 aromatic rings. The molecule has 0 bridgehead atoms. The van der Waals surface area contributed by atoms with Crippen molar-refractivity contribution in [1.82, 2.24) is 0 Å². The molecular formula is C19H34O3. The third kappa shape index (κ3) is 5.57. The maximum Gasteiger partial charge on any atom is 0.309 e. The second-order valence-corrected chi connectivity index (χ2v) is 7.28. The molecule has 0 spiro atoms. The number of carbonyl (C=O) groups is 1. The number of hydrogen-bond donors (Lipinski definition) is 0. The molecular weight excluding hydrogens is 276 g/mol. The van der Waals surface area contributed by atoms with Gasteiger partial charge in [0.2, 0.25) is 0 Å². The molecule has 0 N–H and O–H groups in total. The summed E-state index contributed by atoms with van der Waals surface area (Å²) in [6.45, 7) is 2.26. The van der Waals surface area contributed by atoms with Gasteiger partial charge in [0.25, 0.3) is 0 Å². The van der Waals surface area contributed by atoms with Gasteiger partial charge in [0.05, 0.1) is 12.0 Å². The van der Waals surface area contributed by atoms with E-state index in [0.29, 0.717) is 6.10 Å². The van der Waals surface area contributed by atoms with Gasteiger partial charge in [0, 0.05) is 7.11 Å². The lowest BCUT2D eigenvalue weighted by atomic mass is 9.79. The van der Waals surface area contributed by atoms with Gasteiger partial charge in [0.1, 0.15) is 6.10 Å². The highest BCUT2D eigenvalue weighted by Crippen LogP contribution is 2.33. The monoisotopic (exact) mass is 310 g/mol. The molecule has 128 valence electrons. The molecule has 0 aromatic heterocycles. The van der Waals surface area contributed by atoms with E-state index in [0.717, 1.165) is 44.4 Å². The summed E-state index contributed by atoms with van der Waals surface area (Å²) in [5.74, 6) is 1.10. The Morgan fingerprint density at radius 2 is 1.55 bits per heavy atom. The zero-order valence-corrected chi connectivity index (χ0v) is 14.5. The fourth-order valence-corrected chi connectivity index (χ4v) is 4.02. The number of unbranched alkanes of at least 4 members (excludes halogenated alkanes) is 2. The molecule has 0 atom stereocenters. The summed E-state index contributed by atoms with van der Waals surface area (Å²) in [6, 6.07) is 0. The molecule has 3 heteroatoms. The molecule has 3 nitrogen and oxygen atoms in total. The third-order valence-corrected chi connectivity index (χ3v) is 5.63. The van der Waals surface area contributed by atoms with E-state index in [1.54, 1.807) is 7.11 Å². The highest BCUT2D eigenvalue weighted by Gasteiger charge is 2.30. The molecule has 0 amide bonds. The van der Waals surface area contributed by atoms with Gasteiger partial charge < -0.3 is 9.47 Å². The highest BCUT2D eigenvalue weighted by molar-refractivity contribution is 5.72. The fourth-order valence-electron chi connectivity index (χ4n) is 4.02. The van der Waals surface area contributed by atoms with Gasteiger partial charge in [-0.05, 0) is 57.3 Å². The predicted octanol–water partition coefficient (Wildman–Crippen LogP) is 4.87. The van der Waals surface area contributed by atoms with E-state index < -0.39 is 0 Å². The summed E-state index contributed by atoms with van der Waals surface area (Å²) in [5.41, 5.74) is 0. The van der Waals surface area contributed by atoms with Gasteiger partial charge in [0.15, 0.2) is 0 Å². The quantitative estimate of drug-likeness (QED) is 0.497. The Bertz CT molecular complexity index is 313. The van der Waals surface area contributed by atoms with Crippen molar-refractivity contribution in [1.29, 1.82) is 0 Å². The lowest BCUT2D eigenvalue weighted by Crippen LogP contribution is -2.31. The highest BCUT2D eigenvalue weighted by atomic mass is 16.5. The number of rotatable bonds is 7. The van der Waals surface area contributed by atoms with E-state index in [1.165, 1.54) is 38.5 Å². The van der Waals surface area contributed by atoms with Crippen LogP contribution in [-0.4, -0.2) is 25.3 Å². The summed E-state index contributed by atoms with van der Waals surface area (Å²) in [6.07, 6.45) is 14.4. The number of methoxy groups -OCH3 is 1. The maximum atomic E-state index is 12.3. The van der Waals surface area contributed by atoms with Gasteiger partial charge in [-0.3, -0.25) is 4.79 Å². The molecule has 0 unspecified atom stereocenters. The zero-order valence-electron chi connectivity index (χ0n) is 14.5. The molecule has 2 aliphatic rings. The average molecular weight is 310 g/mol. The van der Waals surface area contributed by atoms with Crippen molar-refractivity contribution in [3.05, 3.63) is 0 Å². The number of hydrogen-bond acceptors (Lipinski definition) is 3. The maximum absolute atomic E-state index is 12.3. The molecule has 0 radical (unpaired) electrons. The molecule has 0 saturated heterocycles. The number of esters is 1. The van der Waals surface area contributed by atoms with Crippen LogP contribution in [0.3, 0.4) is 0 Å². The van der Waals surface area contributed by atoms with E-state index in [1.807, 2.05) is 0 Å². The molecule has 2 fully saturated rings. The lowest BCUT2D eigenvalue weighted by Gasteiger charge is -2.31. The van der Waals surface area contributed by atoms with E-state index in [2.05, 4.69) is 6.92 Å². The summed E-state index contributed by atoms with van der Waals surface area (Å²) >= 11 is 0. The zero-order chi connectivity index (χ0) is 15.8. The van der Waals surface area contributed by atoms with Crippen LogP contribution in [-0.2, 0) is 14.3 Å². The normalized spacial score (nSPS) is 32.6. The number of ether oxygens (including phenoxy) is 2. The fraction of sp³-hybridized carbons (Fsp3) is 0.947. The summed E-state index contributed by atoms with van der Waals surface area (Å²) in [7, 11) is 1.77. The van der Waals surface area contributed by atoms with E-state index in [-0.39, 0.29) is 18.0 Å². The largest absolute Gasteiger partial charge is 0.462 e. The summed E-state index contributed by atoms with van der Waals surface area (Å²) in [4.78, 5) is 12.3. The van der Waals surface area contributed by atoms with Crippen molar-refractivity contribution in [3.63, 3.8) is 0 Å². The van der Waals surface area contributed by atoms with Crippen molar-refractivity contribution in [2.45, 2.75) is 96.2 Å². The Hall–Kier alpha value is -0.570. The molecule has 2 aliphatic carbocycles. The standard InChI is InChI=1S/C19H34O3/c1-3-4-5-6-15-7-9-16(10-8-15)19(20)22-18-13-11-17(21-2)12-14-18/h15-18H,3-14H2,1-2H3. The molecule has 2 saturated carbocycles. The first-order valence-electron chi connectivity index (χ1n) is 9.46. The average Bonchev–Trinajstić information content (AvgIpc) is 2.56. The van der Waals surface area contributed by atoms with E-state index in [9.17, 15) is 4.79 Å². The minimum Gasteiger partial charge on any atom is -0.462 e. The Morgan fingerprint density at radius 1 is 0.909 bits per heavy atom. The van der Waals surface area contributed by atoms with Crippen LogP contribution in [0.5, 0.6) is 0 Å². The first-order chi connectivity index (χ1) is 10.7. The molecule has 0 aliphatic heterocycles. The SMILES string of the molecule is CCCCCC1CCC(C(=O)OC2CCC(OC)CC2)CC1. The molecule has 0 aromatic carbocycles. The smallest absolute Gasteiger partial charge is 0.309 e. The van der Waals surface area contributed by atoms with Gasteiger partial charge in [-0.2, -0.15) is 0 Å². The molecule has 22 heavy (non-hydrogen) atoms. The first-order valence-corrected chi connectivity index (χ1v) is 9.46. The molecule has 0 heterocycles. The van der Waals surface area contributed by atoms with Crippen molar-refractivity contribution in [2.24, 2.45) is 11.8 Å².